The molecule has 5 rings (SSSR count). The van der Waals surface area contributed by atoms with Gasteiger partial charge in [0.1, 0.15) is 22.9 Å². The topological polar surface area (TPSA) is 122 Å². The Morgan fingerprint density at radius 1 is 0.721 bits per heavy atom. The second kappa shape index (κ2) is 12.4. The van der Waals surface area contributed by atoms with Crippen molar-refractivity contribution in [3.05, 3.63) is 113 Å². The Bertz CT molecular complexity index is 1870. The number of benzene rings is 5. The minimum atomic E-state index is -0.486. The average Bonchev–Trinajstić information content (AvgIpc) is 3.01. The fourth-order valence-electron chi connectivity index (χ4n) is 4.63. The first-order valence-corrected chi connectivity index (χ1v) is 13.5. The van der Waals surface area contributed by atoms with Crippen molar-refractivity contribution in [2.45, 2.75) is 13.8 Å². The van der Waals surface area contributed by atoms with E-state index < -0.39 is 11.8 Å². The molecule has 0 radical (unpaired) electrons. The first-order valence-electron chi connectivity index (χ1n) is 13.5. The number of nitrogens with one attached hydrogen (secondary N) is 2. The Hall–Kier alpha value is -5.70. The molecule has 0 saturated carbocycles. The van der Waals surface area contributed by atoms with Crippen LogP contribution in [0, 0.1) is 13.8 Å². The molecule has 0 atom stereocenters. The number of para-hydroxylation sites is 2. The first kappa shape index (κ1) is 28.8. The van der Waals surface area contributed by atoms with Gasteiger partial charge in [-0.25, -0.2) is 0 Å². The van der Waals surface area contributed by atoms with Crippen molar-refractivity contribution in [2.24, 2.45) is 10.2 Å². The van der Waals surface area contributed by atoms with Crippen LogP contribution in [0.4, 0.5) is 22.7 Å². The number of hydrogen-bond acceptors (Lipinski definition) is 7. The second-order valence-electron chi connectivity index (χ2n) is 9.86. The molecule has 0 unspecified atom stereocenters. The van der Waals surface area contributed by atoms with Crippen LogP contribution >= 0.6 is 0 Å². The van der Waals surface area contributed by atoms with Gasteiger partial charge in [0, 0.05) is 22.8 Å². The molecule has 0 aliphatic carbocycles. The van der Waals surface area contributed by atoms with Gasteiger partial charge < -0.3 is 25.2 Å². The number of carbonyl (C=O) groups excluding carboxylic acids is 2. The molecule has 3 N–H and O–H groups in total. The van der Waals surface area contributed by atoms with Gasteiger partial charge in [-0.2, -0.15) is 0 Å². The van der Waals surface area contributed by atoms with Crippen molar-refractivity contribution in [2.75, 3.05) is 24.9 Å². The molecule has 0 bridgehead atoms. The van der Waals surface area contributed by atoms with E-state index in [1.54, 1.807) is 24.3 Å². The monoisotopic (exact) mass is 574 g/mol. The lowest BCUT2D eigenvalue weighted by Gasteiger charge is -2.14. The molecule has 0 heterocycles. The predicted molar refractivity (Wildman–Crippen MR) is 168 cm³/mol. The summed E-state index contributed by atoms with van der Waals surface area (Å²) in [5.74, 6) is -0.693. The van der Waals surface area contributed by atoms with Crippen molar-refractivity contribution < 1.29 is 24.2 Å². The summed E-state index contributed by atoms with van der Waals surface area (Å²) in [6.07, 6.45) is 0. The highest BCUT2D eigenvalue weighted by atomic mass is 16.5. The zero-order valence-corrected chi connectivity index (χ0v) is 24.1. The molecule has 0 spiro atoms. The van der Waals surface area contributed by atoms with E-state index in [1.165, 1.54) is 26.4 Å². The molecular formula is C34H30N4O5. The number of rotatable bonds is 8. The maximum atomic E-state index is 13.3. The van der Waals surface area contributed by atoms with Gasteiger partial charge >= 0.3 is 0 Å². The van der Waals surface area contributed by atoms with E-state index in [0.29, 0.717) is 22.1 Å². The summed E-state index contributed by atoms with van der Waals surface area (Å²) in [6.45, 7) is 3.82. The largest absolute Gasteiger partial charge is 0.505 e. The maximum absolute atomic E-state index is 13.3. The normalized spacial score (nSPS) is 11.0. The van der Waals surface area contributed by atoms with Crippen molar-refractivity contribution >= 4 is 45.3 Å². The van der Waals surface area contributed by atoms with Crippen LogP contribution in [0.25, 0.3) is 10.8 Å². The van der Waals surface area contributed by atoms with Crippen LogP contribution in [-0.4, -0.2) is 31.1 Å². The van der Waals surface area contributed by atoms with Crippen molar-refractivity contribution in [1.82, 2.24) is 0 Å². The maximum Gasteiger partial charge on any atom is 0.259 e. The number of azo groups is 1. The number of hydrogen-bond donors (Lipinski definition) is 3. The van der Waals surface area contributed by atoms with Crippen LogP contribution in [0.3, 0.4) is 0 Å². The fraction of sp³-hybridized carbons (Fsp3) is 0.118. The molecule has 9 nitrogen and oxygen atoms in total. The standard InChI is InChI=1S/C34H30N4O5/c1-20-14-15-24-22(16-20)17-26(34(41)36-27-13-9-8-10-21(27)2)32(39)31(24)38-37-28-19-29(42-3)25(18-30(28)43-4)33(40)35-23-11-6-5-7-12-23/h5-19,39H,1-4H3,(H,35,40)(H,36,41). The molecule has 0 fully saturated rings. The number of anilines is 2. The minimum absolute atomic E-state index is 0.0489. The van der Waals surface area contributed by atoms with Crippen molar-refractivity contribution in [3.63, 3.8) is 0 Å². The fourth-order valence-corrected chi connectivity index (χ4v) is 4.63. The van der Waals surface area contributed by atoms with E-state index in [2.05, 4.69) is 20.9 Å². The third kappa shape index (κ3) is 6.15. The molecule has 5 aromatic carbocycles. The van der Waals surface area contributed by atoms with Gasteiger partial charge in [-0.05, 0) is 55.1 Å². The number of methoxy groups -OCH3 is 2. The lowest BCUT2D eigenvalue weighted by atomic mass is 10.0. The van der Waals surface area contributed by atoms with E-state index in [4.69, 9.17) is 9.47 Å². The number of phenolic OH excluding ortho intramolecular Hbond substituents is 1. The average molecular weight is 575 g/mol. The quantitative estimate of drug-likeness (QED) is 0.162. The summed E-state index contributed by atoms with van der Waals surface area (Å²) in [7, 11) is 2.89. The van der Waals surface area contributed by atoms with Gasteiger partial charge in [-0.15, -0.1) is 10.2 Å². The number of ether oxygens (including phenoxy) is 2. The SMILES string of the molecule is COc1cc(C(=O)Nc2ccccc2)c(OC)cc1N=Nc1c(O)c(C(=O)Nc2ccccc2C)cc2cc(C)ccc12. The highest BCUT2D eigenvalue weighted by Crippen LogP contribution is 2.42. The summed E-state index contributed by atoms with van der Waals surface area (Å²) in [5, 5.41) is 27.1. The smallest absolute Gasteiger partial charge is 0.259 e. The zero-order chi connectivity index (χ0) is 30.5. The van der Waals surface area contributed by atoms with Gasteiger partial charge in [-0.1, -0.05) is 60.2 Å². The zero-order valence-electron chi connectivity index (χ0n) is 24.1. The number of carbonyl (C=O) groups is 2. The highest BCUT2D eigenvalue weighted by molar-refractivity contribution is 6.12. The number of aromatic hydroxyl groups is 1. The van der Waals surface area contributed by atoms with Crippen LogP contribution in [0.15, 0.2) is 101 Å². The number of phenols is 1. The van der Waals surface area contributed by atoms with Crippen LogP contribution < -0.4 is 20.1 Å². The Kier molecular flexibility index (Phi) is 8.34. The number of nitrogens with zero attached hydrogens (tertiary/aromatic N) is 2. The summed E-state index contributed by atoms with van der Waals surface area (Å²) in [6, 6.07) is 26.7. The van der Waals surface area contributed by atoms with Crippen LogP contribution in [0.5, 0.6) is 17.2 Å². The number of amides is 2. The third-order valence-electron chi connectivity index (χ3n) is 6.91. The van der Waals surface area contributed by atoms with Gasteiger partial charge in [-0.3, -0.25) is 9.59 Å². The minimum Gasteiger partial charge on any atom is -0.505 e. The molecule has 9 heteroatoms. The van der Waals surface area contributed by atoms with E-state index in [-0.39, 0.29) is 39.8 Å². The van der Waals surface area contributed by atoms with Gasteiger partial charge in [0.05, 0.1) is 25.3 Å². The van der Waals surface area contributed by atoms with Gasteiger partial charge in [0.25, 0.3) is 11.8 Å². The van der Waals surface area contributed by atoms with Crippen LogP contribution in [0.1, 0.15) is 31.8 Å². The molecule has 5 aromatic rings. The van der Waals surface area contributed by atoms with E-state index >= 15 is 0 Å². The molecule has 0 aliphatic heterocycles. The molecule has 2 amide bonds. The van der Waals surface area contributed by atoms with Crippen molar-refractivity contribution in [1.29, 1.82) is 0 Å². The van der Waals surface area contributed by atoms with Gasteiger partial charge in [0.15, 0.2) is 5.75 Å². The second-order valence-corrected chi connectivity index (χ2v) is 9.86. The molecule has 0 aromatic heterocycles. The lowest BCUT2D eigenvalue weighted by Crippen LogP contribution is -2.13. The first-order chi connectivity index (χ1) is 20.8. The predicted octanol–water partition coefficient (Wildman–Crippen LogP) is 8.10. The molecule has 216 valence electrons. The third-order valence-corrected chi connectivity index (χ3v) is 6.91. The Labute approximate surface area is 248 Å². The van der Waals surface area contributed by atoms with E-state index in [0.717, 1.165) is 11.1 Å². The van der Waals surface area contributed by atoms with Crippen LogP contribution in [0.2, 0.25) is 0 Å². The lowest BCUT2D eigenvalue weighted by molar-refractivity contribution is 0.101. The molecular weight excluding hydrogens is 544 g/mol. The summed E-state index contributed by atoms with van der Waals surface area (Å²) >= 11 is 0. The highest BCUT2D eigenvalue weighted by Gasteiger charge is 2.21. The van der Waals surface area contributed by atoms with E-state index in [1.807, 2.05) is 68.4 Å². The molecule has 0 saturated heterocycles. The Morgan fingerprint density at radius 3 is 2.14 bits per heavy atom. The van der Waals surface area contributed by atoms with Crippen LogP contribution in [-0.2, 0) is 0 Å². The Balaban J connectivity index is 1.55. The van der Waals surface area contributed by atoms with E-state index in [9.17, 15) is 14.7 Å². The van der Waals surface area contributed by atoms with Gasteiger partial charge in [0.2, 0.25) is 0 Å². The number of fused-ring (bicyclic) bond motifs is 1. The summed E-state index contributed by atoms with van der Waals surface area (Å²) in [5.41, 5.74) is 3.77. The van der Waals surface area contributed by atoms with Crippen molar-refractivity contribution in [3.8, 4) is 17.2 Å². The molecule has 43 heavy (non-hydrogen) atoms. The summed E-state index contributed by atoms with van der Waals surface area (Å²) in [4.78, 5) is 26.4. The summed E-state index contributed by atoms with van der Waals surface area (Å²) < 4.78 is 11.0. The number of aryl methyl sites for hydroxylation is 2. The Morgan fingerprint density at radius 2 is 1.42 bits per heavy atom. The molecule has 0 aliphatic rings.